The lowest BCUT2D eigenvalue weighted by atomic mass is 9.65. The lowest BCUT2D eigenvalue weighted by Crippen LogP contribution is -2.50. The summed E-state index contributed by atoms with van der Waals surface area (Å²) in [7, 11) is 3.37. The zero-order chi connectivity index (χ0) is 29.5. The number of carbonyl (C=O) groups is 2. The predicted octanol–water partition coefficient (Wildman–Crippen LogP) is 6.28. The molecule has 1 aliphatic heterocycles. The maximum absolute atomic E-state index is 13.7. The van der Waals surface area contributed by atoms with E-state index in [4.69, 9.17) is 14.2 Å². The molecule has 0 unspecified atom stereocenters. The molecule has 1 saturated heterocycles. The van der Waals surface area contributed by atoms with Crippen LogP contribution in [0.3, 0.4) is 0 Å². The van der Waals surface area contributed by atoms with E-state index in [1.165, 1.54) is 5.56 Å². The summed E-state index contributed by atoms with van der Waals surface area (Å²) in [5, 5.41) is 3.34. The Morgan fingerprint density at radius 3 is 2.23 bits per heavy atom. The first-order chi connectivity index (χ1) is 19.1. The van der Waals surface area contributed by atoms with Gasteiger partial charge in [-0.1, -0.05) is 53.0 Å². The molecule has 0 atom stereocenters. The number of piperidine rings is 1. The van der Waals surface area contributed by atoms with Crippen molar-refractivity contribution in [2.24, 2.45) is 23.2 Å². The number of unbranched alkanes of at least 4 members (excludes halogenated alkanes) is 3. The van der Waals surface area contributed by atoms with Crippen LogP contribution >= 0.6 is 0 Å². The van der Waals surface area contributed by atoms with Crippen LogP contribution in [-0.4, -0.2) is 63.8 Å². The zero-order valence-corrected chi connectivity index (χ0v) is 26.4. The van der Waals surface area contributed by atoms with Crippen molar-refractivity contribution in [1.82, 2.24) is 10.2 Å². The van der Waals surface area contributed by atoms with Crippen molar-refractivity contribution in [2.75, 3.05) is 47.1 Å². The Hall–Kier alpha value is -2.28. The monoisotopic (exact) mass is 560 g/mol. The lowest BCUT2D eigenvalue weighted by Gasteiger charge is -2.41. The number of hydrogen-bond donors (Lipinski definition) is 1. The van der Waals surface area contributed by atoms with Gasteiger partial charge in [0.15, 0.2) is 11.5 Å². The number of nitrogens with one attached hydrogen (secondary N) is 1. The first-order valence-electron chi connectivity index (χ1n) is 15.5. The van der Waals surface area contributed by atoms with Crippen molar-refractivity contribution in [3.05, 3.63) is 23.8 Å². The molecule has 1 fully saturated rings. The van der Waals surface area contributed by atoms with Crippen molar-refractivity contribution >= 4 is 11.8 Å². The Bertz CT molecular complexity index is 885. The molecule has 2 amide bonds. The summed E-state index contributed by atoms with van der Waals surface area (Å²) in [6.45, 7) is 14.0. The molecule has 40 heavy (non-hydrogen) atoms. The standard InChI is InChI=1S/C33H56N2O5/c1-25(2)33(26(3)4,32(37)34-24-29-16-19-35(20-17-29)27(5)36)18-11-9-8-10-13-28-14-15-30(39-7)31(23-28)40-22-12-21-38-6/h14-15,23,25-26,29H,8-13,16-22,24H2,1-7H3,(H,34,37). The van der Waals surface area contributed by atoms with Gasteiger partial charge >= 0.3 is 0 Å². The molecule has 228 valence electrons. The first-order valence-corrected chi connectivity index (χ1v) is 15.5. The molecule has 0 spiro atoms. The molecular formula is C33H56N2O5. The van der Waals surface area contributed by atoms with Crippen molar-refractivity contribution in [1.29, 1.82) is 0 Å². The number of carbonyl (C=O) groups excluding carboxylic acids is 2. The van der Waals surface area contributed by atoms with Crippen LogP contribution < -0.4 is 14.8 Å². The van der Waals surface area contributed by atoms with Gasteiger partial charge in [0.1, 0.15) is 0 Å². The lowest BCUT2D eigenvalue weighted by molar-refractivity contribution is -0.138. The Morgan fingerprint density at radius 2 is 1.62 bits per heavy atom. The van der Waals surface area contributed by atoms with Crippen LogP contribution in [0.25, 0.3) is 0 Å². The number of likely N-dealkylation sites (tertiary alicyclic amines) is 1. The highest BCUT2D eigenvalue weighted by Gasteiger charge is 2.43. The number of ether oxygens (including phenoxy) is 3. The minimum absolute atomic E-state index is 0.151. The summed E-state index contributed by atoms with van der Waals surface area (Å²) in [5.41, 5.74) is 0.903. The highest BCUT2D eigenvalue weighted by Crippen LogP contribution is 2.41. The SMILES string of the molecule is COCCCOc1cc(CCCCCCC(C(=O)NCC2CCN(C(C)=O)CC2)(C(C)C)C(C)C)ccc1OC. The summed E-state index contributed by atoms with van der Waals surface area (Å²) in [6.07, 6.45) is 9.11. The number of nitrogens with zero attached hydrogens (tertiary/aromatic N) is 1. The van der Waals surface area contributed by atoms with E-state index in [2.05, 4.69) is 45.1 Å². The van der Waals surface area contributed by atoms with Crippen LogP contribution in [0, 0.1) is 23.2 Å². The summed E-state index contributed by atoms with van der Waals surface area (Å²) in [5.74, 6) is 2.92. The number of rotatable bonds is 18. The summed E-state index contributed by atoms with van der Waals surface area (Å²) in [4.78, 5) is 27.2. The summed E-state index contributed by atoms with van der Waals surface area (Å²) >= 11 is 0. The normalized spacial score (nSPS) is 14.6. The van der Waals surface area contributed by atoms with E-state index in [1.807, 2.05) is 11.0 Å². The minimum atomic E-state index is -0.356. The molecule has 0 aromatic heterocycles. The topological polar surface area (TPSA) is 77.1 Å². The average molecular weight is 561 g/mol. The third-order valence-corrected chi connectivity index (χ3v) is 8.88. The zero-order valence-electron chi connectivity index (χ0n) is 26.4. The van der Waals surface area contributed by atoms with Crippen LogP contribution in [-0.2, 0) is 20.7 Å². The van der Waals surface area contributed by atoms with E-state index in [0.717, 1.165) is 82.4 Å². The molecule has 1 N–H and O–H groups in total. The number of aryl methyl sites for hydroxylation is 1. The molecule has 7 heteroatoms. The van der Waals surface area contributed by atoms with Crippen molar-refractivity contribution in [3.63, 3.8) is 0 Å². The Kier molecular flexibility index (Phi) is 14.9. The van der Waals surface area contributed by atoms with E-state index < -0.39 is 0 Å². The van der Waals surface area contributed by atoms with Gasteiger partial charge in [-0.05, 0) is 67.6 Å². The molecule has 7 nitrogen and oxygen atoms in total. The van der Waals surface area contributed by atoms with Gasteiger partial charge in [-0.15, -0.1) is 0 Å². The number of amides is 2. The Labute approximate surface area is 243 Å². The quantitative estimate of drug-likeness (QED) is 0.214. The van der Waals surface area contributed by atoms with E-state index in [1.54, 1.807) is 21.1 Å². The second kappa shape index (κ2) is 17.5. The molecule has 0 aliphatic carbocycles. The largest absolute Gasteiger partial charge is 0.493 e. The molecule has 1 aliphatic rings. The van der Waals surface area contributed by atoms with Crippen molar-refractivity contribution < 1.29 is 23.8 Å². The number of methoxy groups -OCH3 is 2. The smallest absolute Gasteiger partial charge is 0.226 e. The van der Waals surface area contributed by atoms with Crippen molar-refractivity contribution in [2.45, 2.75) is 92.4 Å². The van der Waals surface area contributed by atoms with Gasteiger partial charge in [-0.25, -0.2) is 0 Å². The van der Waals surface area contributed by atoms with Gasteiger partial charge in [0.05, 0.1) is 19.1 Å². The van der Waals surface area contributed by atoms with E-state index in [-0.39, 0.29) is 29.1 Å². The highest BCUT2D eigenvalue weighted by molar-refractivity contribution is 5.83. The molecule has 0 bridgehead atoms. The Morgan fingerprint density at radius 1 is 0.950 bits per heavy atom. The van der Waals surface area contributed by atoms with Crippen LogP contribution in [0.4, 0.5) is 0 Å². The summed E-state index contributed by atoms with van der Waals surface area (Å²) in [6, 6.07) is 6.21. The Balaban J connectivity index is 1.83. The summed E-state index contributed by atoms with van der Waals surface area (Å²) < 4.78 is 16.5. The molecule has 1 aromatic rings. The second-order valence-electron chi connectivity index (χ2n) is 12.1. The van der Waals surface area contributed by atoms with E-state index in [0.29, 0.717) is 25.7 Å². The van der Waals surface area contributed by atoms with Crippen LogP contribution in [0.1, 0.15) is 91.5 Å². The fraction of sp³-hybridized carbons (Fsp3) is 0.758. The molecular weight excluding hydrogens is 504 g/mol. The van der Waals surface area contributed by atoms with E-state index in [9.17, 15) is 9.59 Å². The van der Waals surface area contributed by atoms with Gasteiger partial charge in [-0.3, -0.25) is 9.59 Å². The van der Waals surface area contributed by atoms with Crippen molar-refractivity contribution in [3.8, 4) is 11.5 Å². The number of hydrogen-bond acceptors (Lipinski definition) is 5. The molecule has 0 saturated carbocycles. The molecule has 0 radical (unpaired) electrons. The number of benzene rings is 1. The van der Waals surface area contributed by atoms with Gasteiger partial charge in [0, 0.05) is 46.7 Å². The van der Waals surface area contributed by atoms with Crippen LogP contribution in [0.15, 0.2) is 18.2 Å². The third-order valence-electron chi connectivity index (χ3n) is 8.88. The van der Waals surface area contributed by atoms with Gasteiger partial charge in [-0.2, -0.15) is 0 Å². The maximum Gasteiger partial charge on any atom is 0.226 e. The van der Waals surface area contributed by atoms with Crippen LogP contribution in [0.5, 0.6) is 11.5 Å². The minimum Gasteiger partial charge on any atom is -0.493 e. The predicted molar refractivity (Wildman–Crippen MR) is 162 cm³/mol. The third kappa shape index (κ3) is 9.97. The van der Waals surface area contributed by atoms with Gasteiger partial charge < -0.3 is 24.4 Å². The molecule has 2 rings (SSSR count). The molecule has 1 heterocycles. The average Bonchev–Trinajstić information content (AvgIpc) is 2.93. The second-order valence-corrected chi connectivity index (χ2v) is 12.1. The van der Waals surface area contributed by atoms with E-state index >= 15 is 0 Å². The van der Waals surface area contributed by atoms with Crippen LogP contribution in [0.2, 0.25) is 0 Å². The first kappa shape index (κ1) is 33.9. The van der Waals surface area contributed by atoms with Gasteiger partial charge in [0.25, 0.3) is 0 Å². The maximum atomic E-state index is 13.7. The highest BCUT2D eigenvalue weighted by atomic mass is 16.5. The van der Waals surface area contributed by atoms with Gasteiger partial charge in [0.2, 0.25) is 11.8 Å². The fourth-order valence-electron chi connectivity index (χ4n) is 6.21. The molecule has 1 aromatic carbocycles. The fourth-order valence-corrected chi connectivity index (χ4v) is 6.21.